The number of likely N-dealkylation sites (tertiary alicyclic amines) is 1. The van der Waals surface area contributed by atoms with Crippen LogP contribution in [0.1, 0.15) is 32.1 Å². The molecule has 3 aliphatic rings. The van der Waals surface area contributed by atoms with Crippen LogP contribution in [-0.4, -0.2) is 53.5 Å². The average Bonchev–Trinajstić information content (AvgIpc) is 3.02. The van der Waals surface area contributed by atoms with Crippen LogP contribution in [0, 0.1) is 0 Å². The first-order valence-corrected chi connectivity index (χ1v) is 6.46. The zero-order valence-electron chi connectivity index (χ0n) is 9.82. The summed E-state index contributed by atoms with van der Waals surface area (Å²) in [6, 6.07) is 0.804. The van der Waals surface area contributed by atoms with Crippen molar-refractivity contribution in [3.8, 4) is 0 Å². The molecule has 2 heterocycles. The van der Waals surface area contributed by atoms with Crippen molar-refractivity contribution in [2.75, 3.05) is 26.3 Å². The van der Waals surface area contributed by atoms with Gasteiger partial charge in [-0.05, 0) is 32.1 Å². The molecular weight excluding hydrogens is 204 g/mol. The summed E-state index contributed by atoms with van der Waals surface area (Å²) in [5, 5.41) is 10.7. The fourth-order valence-electron chi connectivity index (χ4n) is 3.14. The maximum absolute atomic E-state index is 10.7. The van der Waals surface area contributed by atoms with Crippen molar-refractivity contribution < 1.29 is 9.84 Å². The smallest absolute Gasteiger partial charge is 0.0874 e. The summed E-state index contributed by atoms with van der Waals surface area (Å²) >= 11 is 0. The Labute approximate surface area is 96.7 Å². The molecule has 3 fully saturated rings. The molecule has 0 amide bonds. The van der Waals surface area contributed by atoms with Crippen LogP contribution in [0.5, 0.6) is 0 Å². The van der Waals surface area contributed by atoms with Crippen molar-refractivity contribution in [1.82, 2.24) is 4.90 Å². The molecule has 1 atom stereocenters. The van der Waals surface area contributed by atoms with Gasteiger partial charge >= 0.3 is 0 Å². The summed E-state index contributed by atoms with van der Waals surface area (Å²) in [7, 11) is 0. The molecule has 2 saturated heterocycles. The molecule has 3 N–H and O–H groups in total. The van der Waals surface area contributed by atoms with Gasteiger partial charge < -0.3 is 20.5 Å². The Kier molecular flexibility index (Phi) is 2.51. The average molecular weight is 226 g/mol. The molecule has 1 saturated carbocycles. The number of ether oxygens (including phenoxy) is 1. The first-order chi connectivity index (χ1) is 7.63. The second-order valence-electron chi connectivity index (χ2n) is 5.76. The number of aliphatic hydroxyl groups is 1. The Bertz CT molecular complexity index is 264. The van der Waals surface area contributed by atoms with Gasteiger partial charge in [0.2, 0.25) is 0 Å². The molecule has 0 radical (unpaired) electrons. The molecule has 0 spiro atoms. The maximum atomic E-state index is 10.7. The van der Waals surface area contributed by atoms with Crippen molar-refractivity contribution >= 4 is 0 Å². The normalized spacial score (nSPS) is 40.1. The molecule has 0 aromatic carbocycles. The minimum absolute atomic E-state index is 0.497. The van der Waals surface area contributed by atoms with E-state index in [1.54, 1.807) is 0 Å². The molecule has 3 rings (SSSR count). The van der Waals surface area contributed by atoms with E-state index in [1.165, 1.54) is 12.8 Å². The molecule has 1 aliphatic carbocycles. The van der Waals surface area contributed by atoms with Crippen molar-refractivity contribution in [2.45, 2.75) is 49.3 Å². The fourth-order valence-corrected chi connectivity index (χ4v) is 3.14. The van der Waals surface area contributed by atoms with Crippen molar-refractivity contribution in [2.24, 2.45) is 5.73 Å². The first kappa shape index (κ1) is 11.0. The Hall–Kier alpha value is -0.160. The third kappa shape index (κ3) is 1.68. The predicted molar refractivity (Wildman–Crippen MR) is 61.1 cm³/mol. The van der Waals surface area contributed by atoms with E-state index in [4.69, 9.17) is 10.5 Å². The van der Waals surface area contributed by atoms with Gasteiger partial charge in [0.05, 0.1) is 17.7 Å². The van der Waals surface area contributed by atoms with E-state index in [0.29, 0.717) is 13.2 Å². The van der Waals surface area contributed by atoms with Crippen LogP contribution in [0.25, 0.3) is 0 Å². The standard InChI is InChI=1S/C12H22N2O2/c13-11(5-8-16-9-11)12(15)3-6-14(7-4-12)10-1-2-10/h10,15H,1-9,13H2. The number of hydrogen-bond donors (Lipinski definition) is 2. The van der Waals surface area contributed by atoms with E-state index in [0.717, 1.165) is 38.4 Å². The molecule has 1 unspecified atom stereocenters. The fraction of sp³-hybridized carbons (Fsp3) is 1.00. The highest BCUT2D eigenvalue weighted by Gasteiger charge is 2.51. The molecule has 16 heavy (non-hydrogen) atoms. The van der Waals surface area contributed by atoms with E-state index in [9.17, 15) is 5.11 Å². The minimum atomic E-state index is -0.700. The van der Waals surface area contributed by atoms with Crippen molar-refractivity contribution in [3.05, 3.63) is 0 Å². The van der Waals surface area contributed by atoms with Crippen LogP contribution in [0.15, 0.2) is 0 Å². The lowest BCUT2D eigenvalue weighted by Crippen LogP contribution is -2.64. The van der Waals surface area contributed by atoms with Gasteiger partial charge in [0.15, 0.2) is 0 Å². The SMILES string of the molecule is NC1(C2(O)CCN(C3CC3)CC2)CCOC1. The topological polar surface area (TPSA) is 58.7 Å². The van der Waals surface area contributed by atoms with E-state index in [1.807, 2.05) is 0 Å². The van der Waals surface area contributed by atoms with Crippen LogP contribution in [0.3, 0.4) is 0 Å². The van der Waals surface area contributed by atoms with Gasteiger partial charge in [-0.25, -0.2) is 0 Å². The van der Waals surface area contributed by atoms with Crippen LogP contribution in [0.4, 0.5) is 0 Å². The van der Waals surface area contributed by atoms with Gasteiger partial charge in [-0.1, -0.05) is 0 Å². The third-order valence-corrected chi connectivity index (χ3v) is 4.67. The van der Waals surface area contributed by atoms with E-state index < -0.39 is 11.1 Å². The van der Waals surface area contributed by atoms with E-state index >= 15 is 0 Å². The minimum Gasteiger partial charge on any atom is -0.388 e. The van der Waals surface area contributed by atoms with Gasteiger partial charge in [0.25, 0.3) is 0 Å². The highest BCUT2D eigenvalue weighted by atomic mass is 16.5. The summed E-state index contributed by atoms with van der Waals surface area (Å²) in [6.45, 7) is 3.22. The van der Waals surface area contributed by atoms with Gasteiger partial charge in [-0.15, -0.1) is 0 Å². The Morgan fingerprint density at radius 1 is 1.19 bits per heavy atom. The molecule has 92 valence electrons. The van der Waals surface area contributed by atoms with Crippen LogP contribution in [-0.2, 0) is 4.74 Å². The molecule has 0 aromatic heterocycles. The van der Waals surface area contributed by atoms with Crippen molar-refractivity contribution in [3.63, 3.8) is 0 Å². The van der Waals surface area contributed by atoms with Crippen molar-refractivity contribution in [1.29, 1.82) is 0 Å². The number of nitrogens with zero attached hydrogens (tertiary/aromatic N) is 1. The summed E-state index contributed by atoms with van der Waals surface area (Å²) in [6.07, 6.45) is 5.10. The van der Waals surface area contributed by atoms with Gasteiger partial charge in [0, 0.05) is 25.7 Å². The Morgan fingerprint density at radius 3 is 2.38 bits per heavy atom. The Balaban J connectivity index is 1.65. The molecule has 4 nitrogen and oxygen atoms in total. The largest absolute Gasteiger partial charge is 0.388 e. The predicted octanol–water partition coefficient (Wildman–Crippen LogP) is 0.0935. The Morgan fingerprint density at radius 2 is 1.88 bits per heavy atom. The van der Waals surface area contributed by atoms with Crippen LogP contribution >= 0.6 is 0 Å². The molecular formula is C12H22N2O2. The lowest BCUT2D eigenvalue weighted by Gasteiger charge is -2.46. The zero-order chi connectivity index (χ0) is 11.2. The monoisotopic (exact) mass is 226 g/mol. The number of piperidine rings is 1. The van der Waals surface area contributed by atoms with Crippen LogP contribution < -0.4 is 5.73 Å². The number of nitrogens with two attached hydrogens (primary N) is 1. The summed E-state index contributed by atoms with van der Waals surface area (Å²) in [5.41, 5.74) is 5.11. The van der Waals surface area contributed by atoms with Crippen LogP contribution in [0.2, 0.25) is 0 Å². The summed E-state index contributed by atoms with van der Waals surface area (Å²) < 4.78 is 5.37. The summed E-state index contributed by atoms with van der Waals surface area (Å²) in [4.78, 5) is 2.51. The molecule has 2 aliphatic heterocycles. The lowest BCUT2D eigenvalue weighted by molar-refractivity contribution is -0.0827. The highest BCUT2D eigenvalue weighted by molar-refractivity contribution is 5.08. The van der Waals surface area contributed by atoms with Gasteiger partial charge in [0.1, 0.15) is 0 Å². The van der Waals surface area contributed by atoms with Gasteiger partial charge in [-0.3, -0.25) is 0 Å². The van der Waals surface area contributed by atoms with E-state index in [2.05, 4.69) is 4.90 Å². The van der Waals surface area contributed by atoms with E-state index in [-0.39, 0.29) is 0 Å². The third-order valence-electron chi connectivity index (χ3n) is 4.67. The zero-order valence-corrected chi connectivity index (χ0v) is 9.82. The second-order valence-corrected chi connectivity index (χ2v) is 5.76. The second kappa shape index (κ2) is 3.67. The first-order valence-electron chi connectivity index (χ1n) is 6.46. The van der Waals surface area contributed by atoms with Gasteiger partial charge in [-0.2, -0.15) is 0 Å². The maximum Gasteiger partial charge on any atom is 0.0874 e. The summed E-state index contributed by atoms with van der Waals surface area (Å²) in [5.74, 6) is 0. The molecule has 4 heteroatoms. The molecule has 0 aromatic rings. The lowest BCUT2D eigenvalue weighted by atomic mass is 9.73. The molecule has 0 bridgehead atoms. The quantitative estimate of drug-likeness (QED) is 0.701. The highest BCUT2D eigenvalue weighted by Crippen LogP contribution is 2.39. The number of rotatable bonds is 2. The number of hydrogen-bond acceptors (Lipinski definition) is 4.